The lowest BCUT2D eigenvalue weighted by Crippen LogP contribution is -2.13. The van der Waals surface area contributed by atoms with Gasteiger partial charge in [-0.1, -0.05) is 30.3 Å². The Kier molecular flexibility index (Phi) is 4.61. The molecule has 0 atom stereocenters. The number of aryl methyl sites for hydroxylation is 2. The lowest BCUT2D eigenvalue weighted by atomic mass is 10.1. The number of anilines is 1. The topological polar surface area (TPSA) is 72.7 Å². The molecule has 3 heterocycles. The molecular weight excluding hydrogens is 338 g/mol. The predicted octanol–water partition coefficient (Wildman–Crippen LogP) is 3.60. The maximum Gasteiger partial charge on any atom is 0.225 e. The van der Waals surface area contributed by atoms with Crippen LogP contribution in [0.3, 0.4) is 0 Å². The molecule has 0 aliphatic rings. The van der Waals surface area contributed by atoms with E-state index in [4.69, 9.17) is 0 Å². The molecular formula is C21H19N5O. The first-order valence-corrected chi connectivity index (χ1v) is 8.76. The van der Waals surface area contributed by atoms with E-state index >= 15 is 0 Å². The van der Waals surface area contributed by atoms with Gasteiger partial charge >= 0.3 is 0 Å². The van der Waals surface area contributed by atoms with Crippen LogP contribution in [0.15, 0.2) is 67.3 Å². The van der Waals surface area contributed by atoms with Gasteiger partial charge < -0.3 is 5.32 Å². The fourth-order valence-corrected chi connectivity index (χ4v) is 2.94. The number of hydrogen-bond acceptors (Lipinski definition) is 4. The summed E-state index contributed by atoms with van der Waals surface area (Å²) in [7, 11) is 1.88. The van der Waals surface area contributed by atoms with Crippen molar-refractivity contribution in [2.75, 3.05) is 5.32 Å². The van der Waals surface area contributed by atoms with Gasteiger partial charge in [-0.25, -0.2) is 4.98 Å². The number of pyridine rings is 2. The number of hydrogen-bond donors (Lipinski definition) is 1. The molecule has 0 radical (unpaired) electrons. The minimum Gasteiger partial charge on any atom is -0.311 e. The number of nitrogens with zero attached hydrogens (tertiary/aromatic N) is 4. The molecule has 1 aromatic carbocycles. The number of nitrogens with one attached hydrogen (secondary N) is 1. The molecule has 0 aliphatic carbocycles. The highest BCUT2D eigenvalue weighted by molar-refractivity contribution is 5.92. The van der Waals surface area contributed by atoms with Gasteiger partial charge in [0, 0.05) is 42.4 Å². The van der Waals surface area contributed by atoms with Gasteiger partial charge in [0.1, 0.15) is 5.82 Å². The van der Waals surface area contributed by atoms with E-state index in [2.05, 4.69) is 20.4 Å². The van der Waals surface area contributed by atoms with Gasteiger partial charge in [0.2, 0.25) is 5.91 Å². The van der Waals surface area contributed by atoms with Gasteiger partial charge in [-0.15, -0.1) is 0 Å². The Morgan fingerprint density at radius 1 is 1.04 bits per heavy atom. The third-order valence-corrected chi connectivity index (χ3v) is 4.36. The highest BCUT2D eigenvalue weighted by Crippen LogP contribution is 2.23. The zero-order valence-corrected chi connectivity index (χ0v) is 15.0. The number of fused-ring (bicyclic) bond motifs is 1. The molecule has 1 N–H and O–H groups in total. The summed E-state index contributed by atoms with van der Waals surface area (Å²) in [6.45, 7) is 0. The Labute approximate surface area is 156 Å². The molecule has 0 fully saturated rings. The third kappa shape index (κ3) is 4.00. The summed E-state index contributed by atoms with van der Waals surface area (Å²) in [5, 5.41) is 7.99. The maximum atomic E-state index is 12.2. The smallest absolute Gasteiger partial charge is 0.225 e. The molecule has 0 saturated heterocycles. The number of aromatic nitrogens is 4. The summed E-state index contributed by atoms with van der Waals surface area (Å²) in [4.78, 5) is 21.0. The number of carbonyl (C=O) groups excluding carboxylic acids is 1. The van der Waals surface area contributed by atoms with Crippen molar-refractivity contribution >= 4 is 22.6 Å². The second-order valence-electron chi connectivity index (χ2n) is 6.42. The van der Waals surface area contributed by atoms with Crippen LogP contribution in [-0.4, -0.2) is 25.7 Å². The van der Waals surface area contributed by atoms with Crippen molar-refractivity contribution in [3.05, 3.63) is 72.8 Å². The highest BCUT2D eigenvalue weighted by Gasteiger charge is 2.07. The standard InChI is InChI=1S/C21H19N5O/c1-26-14-18(12-24-26)17-9-16-10-20(23-13-19(16)22-11-17)25-21(27)8-7-15-5-3-2-4-6-15/h2-6,9-14H,7-8H2,1H3,(H,23,25,27). The van der Waals surface area contributed by atoms with Gasteiger partial charge in [-0.05, 0) is 24.1 Å². The van der Waals surface area contributed by atoms with E-state index in [1.807, 2.05) is 55.7 Å². The molecule has 4 rings (SSSR count). The first-order chi connectivity index (χ1) is 13.2. The largest absolute Gasteiger partial charge is 0.311 e. The van der Waals surface area contributed by atoms with Crippen LogP contribution in [0.25, 0.3) is 22.0 Å². The van der Waals surface area contributed by atoms with Crippen LogP contribution in [0.1, 0.15) is 12.0 Å². The second-order valence-corrected chi connectivity index (χ2v) is 6.42. The van der Waals surface area contributed by atoms with E-state index in [1.54, 1.807) is 23.3 Å². The van der Waals surface area contributed by atoms with Crippen LogP contribution < -0.4 is 5.32 Å². The maximum absolute atomic E-state index is 12.2. The molecule has 0 bridgehead atoms. The van der Waals surface area contributed by atoms with Gasteiger partial charge in [0.15, 0.2) is 0 Å². The van der Waals surface area contributed by atoms with Crippen molar-refractivity contribution in [2.45, 2.75) is 12.8 Å². The predicted molar refractivity (Wildman–Crippen MR) is 105 cm³/mol. The Balaban J connectivity index is 1.49. The van der Waals surface area contributed by atoms with Crippen molar-refractivity contribution < 1.29 is 4.79 Å². The Morgan fingerprint density at radius 3 is 2.67 bits per heavy atom. The summed E-state index contributed by atoms with van der Waals surface area (Å²) in [5.41, 5.74) is 3.90. The summed E-state index contributed by atoms with van der Waals surface area (Å²) in [6, 6.07) is 13.8. The first-order valence-electron chi connectivity index (χ1n) is 8.76. The van der Waals surface area contributed by atoms with Crippen LogP contribution in [-0.2, 0) is 18.3 Å². The quantitative estimate of drug-likeness (QED) is 0.592. The summed E-state index contributed by atoms with van der Waals surface area (Å²) in [6.07, 6.45) is 8.34. The minimum atomic E-state index is -0.0536. The minimum absolute atomic E-state index is 0.0536. The average molecular weight is 357 g/mol. The van der Waals surface area contributed by atoms with Gasteiger partial charge in [0.05, 0.1) is 17.9 Å². The lowest BCUT2D eigenvalue weighted by Gasteiger charge is -2.06. The molecule has 134 valence electrons. The second kappa shape index (κ2) is 7.37. The number of rotatable bonds is 5. The number of benzene rings is 1. The van der Waals surface area contributed by atoms with Gasteiger partial charge in [0.25, 0.3) is 0 Å². The molecule has 0 saturated carbocycles. The van der Waals surface area contributed by atoms with Crippen LogP contribution in [0.2, 0.25) is 0 Å². The van der Waals surface area contributed by atoms with Crippen molar-refractivity contribution in [1.29, 1.82) is 0 Å². The fraction of sp³-hybridized carbons (Fsp3) is 0.143. The Bertz CT molecular complexity index is 1090. The molecule has 0 spiro atoms. The normalized spacial score (nSPS) is 10.9. The van der Waals surface area contributed by atoms with E-state index in [1.165, 1.54) is 0 Å². The zero-order chi connectivity index (χ0) is 18.6. The summed E-state index contributed by atoms with van der Waals surface area (Å²) >= 11 is 0. The van der Waals surface area contributed by atoms with E-state index in [0.29, 0.717) is 18.7 Å². The van der Waals surface area contributed by atoms with Crippen LogP contribution in [0, 0.1) is 0 Å². The van der Waals surface area contributed by atoms with E-state index in [-0.39, 0.29) is 5.91 Å². The van der Waals surface area contributed by atoms with Crippen molar-refractivity contribution in [1.82, 2.24) is 19.7 Å². The van der Waals surface area contributed by atoms with Crippen molar-refractivity contribution in [3.63, 3.8) is 0 Å². The van der Waals surface area contributed by atoms with Crippen LogP contribution in [0.5, 0.6) is 0 Å². The summed E-state index contributed by atoms with van der Waals surface area (Å²) < 4.78 is 1.75. The molecule has 6 nitrogen and oxygen atoms in total. The first kappa shape index (κ1) is 16.9. The monoisotopic (exact) mass is 357 g/mol. The van der Waals surface area contributed by atoms with Gasteiger partial charge in [-0.3, -0.25) is 14.5 Å². The number of amides is 1. The zero-order valence-electron chi connectivity index (χ0n) is 15.0. The molecule has 27 heavy (non-hydrogen) atoms. The fourth-order valence-electron chi connectivity index (χ4n) is 2.94. The molecule has 0 unspecified atom stereocenters. The average Bonchev–Trinajstić information content (AvgIpc) is 3.13. The highest BCUT2D eigenvalue weighted by atomic mass is 16.1. The van der Waals surface area contributed by atoms with Gasteiger partial charge in [-0.2, -0.15) is 5.10 Å². The Hall–Kier alpha value is -3.54. The molecule has 4 aromatic rings. The molecule has 3 aromatic heterocycles. The molecule has 6 heteroatoms. The van der Waals surface area contributed by atoms with E-state index < -0.39 is 0 Å². The van der Waals surface area contributed by atoms with Crippen molar-refractivity contribution in [3.8, 4) is 11.1 Å². The molecule has 0 aliphatic heterocycles. The SMILES string of the molecule is Cn1cc(-c2cnc3cnc(NC(=O)CCc4ccccc4)cc3c2)cn1. The van der Waals surface area contributed by atoms with Crippen LogP contribution >= 0.6 is 0 Å². The Morgan fingerprint density at radius 2 is 1.89 bits per heavy atom. The van der Waals surface area contributed by atoms with Crippen molar-refractivity contribution in [2.24, 2.45) is 7.05 Å². The van der Waals surface area contributed by atoms with Crippen LogP contribution in [0.4, 0.5) is 5.82 Å². The van der Waals surface area contributed by atoms with E-state index in [9.17, 15) is 4.79 Å². The third-order valence-electron chi connectivity index (χ3n) is 4.36. The molecule has 1 amide bonds. The number of carbonyl (C=O) groups is 1. The van der Waals surface area contributed by atoms with E-state index in [0.717, 1.165) is 27.6 Å². The lowest BCUT2D eigenvalue weighted by molar-refractivity contribution is -0.116. The summed E-state index contributed by atoms with van der Waals surface area (Å²) in [5.74, 6) is 0.479.